The van der Waals surface area contributed by atoms with Gasteiger partial charge in [0.1, 0.15) is 6.61 Å². The average molecular weight is 203 g/mol. The number of aliphatic carboxylic acids is 1. The Labute approximate surface area is 81.1 Å². The number of carbonyl (C=O) groups is 2. The molecular weight excluding hydrogens is 190 g/mol. The molecule has 1 atom stereocenters. The number of ether oxygens (including phenoxy) is 1. The normalized spacial score (nSPS) is 22.5. The number of hydrogen-bond donors (Lipinski definition) is 2. The first-order valence-electron chi connectivity index (χ1n) is 4.38. The zero-order chi connectivity index (χ0) is 10.6. The van der Waals surface area contributed by atoms with Gasteiger partial charge < -0.3 is 19.8 Å². The third kappa shape index (κ3) is 2.68. The highest BCUT2D eigenvalue weighted by molar-refractivity contribution is 5.81. The van der Waals surface area contributed by atoms with E-state index in [4.69, 9.17) is 14.9 Å². The summed E-state index contributed by atoms with van der Waals surface area (Å²) in [5, 5.41) is 17.2. The van der Waals surface area contributed by atoms with E-state index in [2.05, 4.69) is 0 Å². The molecule has 0 aromatic carbocycles. The van der Waals surface area contributed by atoms with Gasteiger partial charge in [-0.3, -0.25) is 4.79 Å². The van der Waals surface area contributed by atoms with Gasteiger partial charge in [-0.2, -0.15) is 0 Å². The number of rotatable bonds is 4. The number of hydrogen-bond acceptors (Lipinski definition) is 4. The highest BCUT2D eigenvalue weighted by Gasteiger charge is 2.30. The molecule has 0 radical (unpaired) electrons. The lowest BCUT2D eigenvalue weighted by Gasteiger charge is -2.30. The van der Waals surface area contributed by atoms with E-state index in [1.165, 1.54) is 4.90 Å². The van der Waals surface area contributed by atoms with Gasteiger partial charge >= 0.3 is 5.97 Å². The number of carboxylic acid groups (broad SMARTS) is 1. The van der Waals surface area contributed by atoms with Gasteiger partial charge in [0.25, 0.3) is 0 Å². The molecule has 1 amide bonds. The summed E-state index contributed by atoms with van der Waals surface area (Å²) in [4.78, 5) is 23.2. The maximum atomic E-state index is 11.2. The number of amides is 1. The summed E-state index contributed by atoms with van der Waals surface area (Å²) >= 11 is 0. The van der Waals surface area contributed by atoms with E-state index < -0.39 is 12.1 Å². The Hall–Kier alpha value is -1.14. The van der Waals surface area contributed by atoms with Crippen molar-refractivity contribution in [3.63, 3.8) is 0 Å². The van der Waals surface area contributed by atoms with Crippen LogP contribution in [0.15, 0.2) is 0 Å². The summed E-state index contributed by atoms with van der Waals surface area (Å²) in [5.41, 5.74) is 0. The van der Waals surface area contributed by atoms with Gasteiger partial charge in [0.05, 0.1) is 6.54 Å². The molecule has 1 fully saturated rings. The van der Waals surface area contributed by atoms with E-state index in [-0.39, 0.29) is 25.7 Å². The van der Waals surface area contributed by atoms with Crippen LogP contribution >= 0.6 is 0 Å². The molecule has 0 aliphatic carbocycles. The topological polar surface area (TPSA) is 87.1 Å². The van der Waals surface area contributed by atoms with Crippen molar-refractivity contribution in [2.24, 2.45) is 0 Å². The van der Waals surface area contributed by atoms with E-state index in [1.54, 1.807) is 0 Å². The van der Waals surface area contributed by atoms with Gasteiger partial charge in [-0.05, 0) is 6.42 Å². The highest BCUT2D eigenvalue weighted by Crippen LogP contribution is 2.07. The van der Waals surface area contributed by atoms with Gasteiger partial charge in [0.2, 0.25) is 5.91 Å². The van der Waals surface area contributed by atoms with Crippen LogP contribution in [-0.4, -0.2) is 59.4 Å². The molecule has 1 unspecified atom stereocenters. The lowest BCUT2D eigenvalue weighted by Crippen LogP contribution is -2.49. The minimum absolute atomic E-state index is 0.0115. The Kier molecular flexibility index (Phi) is 3.84. The van der Waals surface area contributed by atoms with Gasteiger partial charge in [-0.15, -0.1) is 0 Å². The fourth-order valence-corrected chi connectivity index (χ4v) is 1.24. The van der Waals surface area contributed by atoms with Crippen LogP contribution in [0.2, 0.25) is 0 Å². The molecule has 0 spiro atoms. The fraction of sp³-hybridized carbons (Fsp3) is 0.750. The number of nitrogens with zero attached hydrogens (tertiary/aromatic N) is 1. The molecule has 0 aromatic rings. The third-order valence-electron chi connectivity index (χ3n) is 2.01. The molecule has 14 heavy (non-hydrogen) atoms. The summed E-state index contributed by atoms with van der Waals surface area (Å²) in [6.45, 7) is 0.238. The second kappa shape index (κ2) is 4.92. The molecule has 1 rings (SSSR count). The minimum Gasteiger partial charge on any atom is -0.479 e. The molecule has 1 aliphatic heterocycles. The Morgan fingerprint density at radius 3 is 2.93 bits per heavy atom. The Morgan fingerprint density at radius 2 is 2.36 bits per heavy atom. The monoisotopic (exact) mass is 203 g/mol. The van der Waals surface area contributed by atoms with Crippen LogP contribution in [0.3, 0.4) is 0 Å². The minimum atomic E-state index is -1.06. The molecule has 1 saturated heterocycles. The summed E-state index contributed by atoms with van der Waals surface area (Å²) in [5.74, 6) is -1.29. The highest BCUT2D eigenvalue weighted by atomic mass is 16.5. The number of aliphatic hydroxyl groups is 1. The van der Waals surface area contributed by atoms with E-state index in [0.29, 0.717) is 13.0 Å². The number of aliphatic hydroxyl groups excluding tert-OH is 1. The van der Waals surface area contributed by atoms with Crippen molar-refractivity contribution >= 4 is 11.9 Å². The number of carboxylic acids is 1. The van der Waals surface area contributed by atoms with E-state index in [1.807, 2.05) is 0 Å². The zero-order valence-electron chi connectivity index (χ0n) is 7.68. The largest absolute Gasteiger partial charge is 0.479 e. The Bertz CT molecular complexity index is 230. The second-order valence-electron chi connectivity index (χ2n) is 3.05. The van der Waals surface area contributed by atoms with Crippen LogP contribution < -0.4 is 0 Å². The Balaban J connectivity index is 2.46. The van der Waals surface area contributed by atoms with Crippen molar-refractivity contribution in [1.29, 1.82) is 0 Å². The summed E-state index contributed by atoms with van der Waals surface area (Å²) in [6.07, 6.45) is -0.482. The number of morpholine rings is 1. The maximum Gasteiger partial charge on any atom is 0.334 e. The molecule has 0 saturated carbocycles. The second-order valence-corrected chi connectivity index (χ2v) is 3.05. The standard InChI is InChI=1S/C8H13NO5/c10-3-1-2-9-4-6(8(12)13)14-5-7(9)11/h6,10H,1-5H2,(H,12,13). The molecule has 80 valence electrons. The average Bonchev–Trinajstić information content (AvgIpc) is 2.16. The van der Waals surface area contributed by atoms with Crippen LogP contribution in [0.1, 0.15) is 6.42 Å². The fourth-order valence-electron chi connectivity index (χ4n) is 1.24. The van der Waals surface area contributed by atoms with Crippen molar-refractivity contribution < 1.29 is 24.5 Å². The smallest absolute Gasteiger partial charge is 0.334 e. The van der Waals surface area contributed by atoms with Crippen LogP contribution in [0.4, 0.5) is 0 Å². The lowest BCUT2D eigenvalue weighted by molar-refractivity contribution is -0.164. The summed E-state index contributed by atoms with van der Waals surface area (Å²) in [7, 11) is 0. The molecule has 0 aromatic heterocycles. The first-order valence-corrected chi connectivity index (χ1v) is 4.38. The molecule has 1 aliphatic rings. The van der Waals surface area contributed by atoms with Crippen molar-refractivity contribution in [1.82, 2.24) is 4.90 Å². The van der Waals surface area contributed by atoms with Crippen LogP contribution in [0.25, 0.3) is 0 Å². The SMILES string of the molecule is O=C(O)C1CN(CCCO)C(=O)CO1. The zero-order valence-corrected chi connectivity index (χ0v) is 7.68. The van der Waals surface area contributed by atoms with Gasteiger partial charge in [-0.25, -0.2) is 4.79 Å². The first kappa shape index (κ1) is 10.9. The molecular formula is C8H13NO5. The predicted molar refractivity (Wildman–Crippen MR) is 45.7 cm³/mol. The van der Waals surface area contributed by atoms with E-state index in [0.717, 1.165) is 0 Å². The Morgan fingerprint density at radius 1 is 1.64 bits per heavy atom. The quantitative estimate of drug-likeness (QED) is 0.591. The summed E-state index contributed by atoms with van der Waals surface area (Å²) in [6, 6.07) is 0. The lowest BCUT2D eigenvalue weighted by atomic mass is 10.2. The number of carbonyl (C=O) groups excluding carboxylic acids is 1. The molecule has 1 heterocycles. The van der Waals surface area contributed by atoms with Gasteiger partial charge in [0, 0.05) is 13.2 Å². The first-order chi connectivity index (χ1) is 6.65. The van der Waals surface area contributed by atoms with Gasteiger partial charge in [-0.1, -0.05) is 0 Å². The molecule has 6 heteroatoms. The van der Waals surface area contributed by atoms with E-state index in [9.17, 15) is 9.59 Å². The summed E-state index contributed by atoms with van der Waals surface area (Å²) < 4.78 is 4.81. The predicted octanol–water partition coefficient (Wildman–Crippen LogP) is -1.32. The van der Waals surface area contributed by atoms with Crippen molar-refractivity contribution in [2.75, 3.05) is 26.3 Å². The van der Waals surface area contributed by atoms with Crippen LogP contribution in [0, 0.1) is 0 Å². The van der Waals surface area contributed by atoms with Crippen LogP contribution in [-0.2, 0) is 14.3 Å². The van der Waals surface area contributed by atoms with Crippen molar-refractivity contribution in [3.8, 4) is 0 Å². The molecule has 6 nitrogen and oxygen atoms in total. The molecule has 0 bridgehead atoms. The third-order valence-corrected chi connectivity index (χ3v) is 2.01. The van der Waals surface area contributed by atoms with Gasteiger partial charge in [0.15, 0.2) is 6.10 Å². The maximum absolute atomic E-state index is 11.2. The van der Waals surface area contributed by atoms with Crippen molar-refractivity contribution in [2.45, 2.75) is 12.5 Å². The molecule has 2 N–H and O–H groups in total. The van der Waals surface area contributed by atoms with Crippen molar-refractivity contribution in [3.05, 3.63) is 0 Å². The van der Waals surface area contributed by atoms with E-state index >= 15 is 0 Å². The van der Waals surface area contributed by atoms with Crippen LogP contribution in [0.5, 0.6) is 0 Å².